The van der Waals surface area contributed by atoms with Crippen LogP contribution < -0.4 is 4.72 Å². The predicted octanol–water partition coefficient (Wildman–Crippen LogP) is 4.15. The maximum Gasteiger partial charge on any atom is 0.261 e. The highest BCUT2D eigenvalue weighted by molar-refractivity contribution is 7.92. The summed E-state index contributed by atoms with van der Waals surface area (Å²) in [6.45, 7) is 0. The molecule has 0 aliphatic rings. The van der Waals surface area contributed by atoms with Crippen molar-refractivity contribution in [2.75, 3.05) is 4.72 Å². The molecule has 0 atom stereocenters. The van der Waals surface area contributed by atoms with E-state index in [0.717, 1.165) is 5.52 Å². The summed E-state index contributed by atoms with van der Waals surface area (Å²) < 4.78 is 27.3. The first-order valence-corrected chi connectivity index (χ1v) is 8.63. The summed E-state index contributed by atoms with van der Waals surface area (Å²) in [5, 5.41) is 10.1. The van der Waals surface area contributed by atoms with Crippen LogP contribution in [0.15, 0.2) is 47.5 Å². The number of sulfonamides is 1. The maximum atomic E-state index is 12.4. The third-order valence-corrected chi connectivity index (χ3v) is 5.00. The van der Waals surface area contributed by atoms with Crippen LogP contribution in [0.2, 0.25) is 10.0 Å². The molecule has 0 bridgehead atoms. The van der Waals surface area contributed by atoms with Crippen LogP contribution in [0.25, 0.3) is 10.9 Å². The zero-order chi connectivity index (χ0) is 16.6. The first kappa shape index (κ1) is 15.7. The quantitative estimate of drug-likeness (QED) is 0.730. The van der Waals surface area contributed by atoms with Gasteiger partial charge in [0.1, 0.15) is 6.07 Å². The standard InChI is InChI=1S/C15H9Cl2N3O2S/c16-10-3-11(17)5-13(4-10)23(21,22)20-12-1-2-15-14(6-12)9(7-18)8-19-15/h1-6,8,19-20H. The summed E-state index contributed by atoms with van der Waals surface area (Å²) >= 11 is 11.7. The molecule has 0 unspecified atom stereocenters. The first-order chi connectivity index (χ1) is 10.9. The molecule has 5 nitrogen and oxygen atoms in total. The van der Waals surface area contributed by atoms with Crippen molar-refractivity contribution >= 4 is 49.8 Å². The summed E-state index contributed by atoms with van der Waals surface area (Å²) in [7, 11) is -3.84. The third kappa shape index (κ3) is 3.13. The molecule has 0 saturated heterocycles. The number of hydrogen-bond donors (Lipinski definition) is 2. The molecule has 0 saturated carbocycles. The summed E-state index contributed by atoms with van der Waals surface area (Å²) in [5.74, 6) is 0. The van der Waals surface area contributed by atoms with Crippen LogP contribution in [0.1, 0.15) is 5.56 Å². The van der Waals surface area contributed by atoms with Crippen molar-refractivity contribution in [2.45, 2.75) is 4.90 Å². The molecule has 3 aromatic rings. The number of aromatic nitrogens is 1. The highest BCUT2D eigenvalue weighted by Gasteiger charge is 2.16. The molecule has 2 N–H and O–H groups in total. The second-order valence-electron chi connectivity index (χ2n) is 4.79. The van der Waals surface area contributed by atoms with Crippen LogP contribution in [0.5, 0.6) is 0 Å². The number of fused-ring (bicyclic) bond motifs is 1. The lowest BCUT2D eigenvalue weighted by Crippen LogP contribution is -2.12. The Hall–Kier alpha value is -2.20. The molecule has 2 aromatic carbocycles. The number of aromatic amines is 1. The van der Waals surface area contributed by atoms with E-state index in [1.54, 1.807) is 24.4 Å². The fourth-order valence-electron chi connectivity index (χ4n) is 2.17. The van der Waals surface area contributed by atoms with E-state index in [4.69, 9.17) is 28.5 Å². The second kappa shape index (κ2) is 5.78. The van der Waals surface area contributed by atoms with E-state index in [-0.39, 0.29) is 14.9 Å². The number of anilines is 1. The molecule has 0 aliphatic carbocycles. The molecule has 0 spiro atoms. The van der Waals surface area contributed by atoms with Gasteiger partial charge in [-0.15, -0.1) is 0 Å². The van der Waals surface area contributed by atoms with Gasteiger partial charge in [-0.05, 0) is 36.4 Å². The normalized spacial score (nSPS) is 11.3. The fraction of sp³-hybridized carbons (Fsp3) is 0. The maximum absolute atomic E-state index is 12.4. The average molecular weight is 366 g/mol. The van der Waals surface area contributed by atoms with Crippen molar-refractivity contribution in [3.05, 3.63) is 58.2 Å². The van der Waals surface area contributed by atoms with Crippen LogP contribution in [0.3, 0.4) is 0 Å². The van der Waals surface area contributed by atoms with Crippen LogP contribution in [-0.4, -0.2) is 13.4 Å². The van der Waals surface area contributed by atoms with E-state index in [0.29, 0.717) is 16.6 Å². The smallest absolute Gasteiger partial charge is 0.261 e. The van der Waals surface area contributed by atoms with E-state index >= 15 is 0 Å². The van der Waals surface area contributed by atoms with Crippen LogP contribution >= 0.6 is 23.2 Å². The molecule has 1 aromatic heterocycles. The van der Waals surface area contributed by atoms with Gasteiger partial charge in [0.25, 0.3) is 10.0 Å². The van der Waals surface area contributed by atoms with Crippen molar-refractivity contribution in [3.63, 3.8) is 0 Å². The lowest BCUT2D eigenvalue weighted by atomic mass is 10.2. The van der Waals surface area contributed by atoms with Crippen LogP contribution in [0, 0.1) is 11.3 Å². The Morgan fingerprint density at radius 3 is 2.43 bits per heavy atom. The molecule has 0 fully saturated rings. The monoisotopic (exact) mass is 365 g/mol. The Labute approximate surface area is 142 Å². The molecule has 3 rings (SSSR count). The van der Waals surface area contributed by atoms with Gasteiger partial charge in [0.15, 0.2) is 0 Å². The number of halogens is 2. The number of nitrogens with zero attached hydrogens (tertiary/aromatic N) is 1. The molecule has 0 aliphatic heterocycles. The molecule has 23 heavy (non-hydrogen) atoms. The number of hydrogen-bond acceptors (Lipinski definition) is 3. The Kier molecular flexibility index (Phi) is 3.94. The molecule has 1 heterocycles. The van der Waals surface area contributed by atoms with Crippen LogP contribution in [-0.2, 0) is 10.0 Å². The molecule has 116 valence electrons. The number of nitriles is 1. The summed E-state index contributed by atoms with van der Waals surface area (Å²) in [6, 6.07) is 11.0. The third-order valence-electron chi connectivity index (χ3n) is 3.20. The summed E-state index contributed by atoms with van der Waals surface area (Å²) in [5.41, 5.74) is 1.52. The fourth-order valence-corrected chi connectivity index (χ4v) is 3.95. The molecular formula is C15H9Cl2N3O2S. The van der Waals surface area contributed by atoms with Gasteiger partial charge in [-0.25, -0.2) is 8.42 Å². The SMILES string of the molecule is N#Cc1c[nH]c2ccc(NS(=O)(=O)c3cc(Cl)cc(Cl)c3)cc12. The summed E-state index contributed by atoms with van der Waals surface area (Å²) in [6.07, 6.45) is 1.57. The molecule has 0 radical (unpaired) electrons. The average Bonchev–Trinajstić information content (AvgIpc) is 2.88. The largest absolute Gasteiger partial charge is 0.360 e. The Morgan fingerprint density at radius 2 is 1.78 bits per heavy atom. The first-order valence-electron chi connectivity index (χ1n) is 6.39. The molecule has 0 amide bonds. The van der Waals surface area contributed by atoms with E-state index < -0.39 is 10.0 Å². The Bertz CT molecular complexity index is 1030. The minimum Gasteiger partial charge on any atom is -0.360 e. The lowest BCUT2D eigenvalue weighted by molar-refractivity contribution is 0.601. The number of benzene rings is 2. The van der Waals surface area contributed by atoms with Crippen molar-refractivity contribution in [1.82, 2.24) is 4.98 Å². The van der Waals surface area contributed by atoms with E-state index in [9.17, 15) is 8.42 Å². The van der Waals surface area contributed by atoms with Crippen molar-refractivity contribution < 1.29 is 8.42 Å². The zero-order valence-electron chi connectivity index (χ0n) is 11.5. The van der Waals surface area contributed by atoms with Gasteiger partial charge in [-0.3, -0.25) is 4.72 Å². The Balaban J connectivity index is 2.01. The van der Waals surface area contributed by atoms with Crippen molar-refractivity contribution in [2.24, 2.45) is 0 Å². The highest BCUT2D eigenvalue weighted by Crippen LogP contribution is 2.26. The summed E-state index contributed by atoms with van der Waals surface area (Å²) in [4.78, 5) is 2.90. The predicted molar refractivity (Wildman–Crippen MR) is 90.3 cm³/mol. The second-order valence-corrected chi connectivity index (χ2v) is 7.34. The van der Waals surface area contributed by atoms with Crippen LogP contribution in [0.4, 0.5) is 5.69 Å². The van der Waals surface area contributed by atoms with Gasteiger partial charge in [0.05, 0.1) is 10.5 Å². The van der Waals surface area contributed by atoms with Gasteiger partial charge in [0.2, 0.25) is 0 Å². The van der Waals surface area contributed by atoms with Gasteiger partial charge >= 0.3 is 0 Å². The number of H-pyrrole nitrogens is 1. The number of rotatable bonds is 3. The minimum atomic E-state index is -3.84. The van der Waals surface area contributed by atoms with Gasteiger partial charge < -0.3 is 4.98 Å². The van der Waals surface area contributed by atoms with E-state index in [2.05, 4.69) is 9.71 Å². The van der Waals surface area contributed by atoms with E-state index in [1.165, 1.54) is 18.2 Å². The Morgan fingerprint density at radius 1 is 1.09 bits per heavy atom. The highest BCUT2D eigenvalue weighted by atomic mass is 35.5. The zero-order valence-corrected chi connectivity index (χ0v) is 13.8. The topological polar surface area (TPSA) is 85.8 Å². The number of nitrogens with one attached hydrogen (secondary N) is 2. The van der Waals surface area contributed by atoms with Crippen molar-refractivity contribution in [3.8, 4) is 6.07 Å². The lowest BCUT2D eigenvalue weighted by Gasteiger charge is -2.09. The molecule has 8 heteroatoms. The van der Waals surface area contributed by atoms with Crippen molar-refractivity contribution in [1.29, 1.82) is 5.26 Å². The molecular weight excluding hydrogens is 357 g/mol. The minimum absolute atomic E-state index is 0.0373. The van der Waals surface area contributed by atoms with Gasteiger partial charge in [-0.1, -0.05) is 23.2 Å². The van der Waals surface area contributed by atoms with E-state index in [1.807, 2.05) is 6.07 Å². The van der Waals surface area contributed by atoms with Gasteiger partial charge in [-0.2, -0.15) is 5.26 Å². The van der Waals surface area contributed by atoms with Gasteiger partial charge in [0, 0.05) is 32.8 Å².